The zero-order chi connectivity index (χ0) is 12.1. The second-order valence-corrected chi connectivity index (χ2v) is 3.65. The highest BCUT2D eigenvalue weighted by Crippen LogP contribution is 2.10. The van der Waals surface area contributed by atoms with Gasteiger partial charge in [0, 0.05) is 13.7 Å². The molecule has 1 aliphatic heterocycles. The summed E-state index contributed by atoms with van der Waals surface area (Å²) < 4.78 is 5.12. The van der Waals surface area contributed by atoms with Crippen LogP contribution in [-0.4, -0.2) is 66.1 Å². The van der Waals surface area contributed by atoms with E-state index in [2.05, 4.69) is 5.32 Å². The summed E-state index contributed by atoms with van der Waals surface area (Å²) in [6, 6.07) is -1.82. The van der Waals surface area contributed by atoms with Crippen LogP contribution in [0.1, 0.15) is 6.42 Å². The predicted molar refractivity (Wildman–Crippen MR) is 54.0 cm³/mol. The molecule has 2 atom stereocenters. The molecule has 1 heterocycles. The zero-order valence-corrected chi connectivity index (χ0v) is 9.05. The number of rotatable bonds is 4. The number of carboxylic acid groups (broad SMARTS) is 1. The molecule has 0 aromatic rings. The lowest BCUT2D eigenvalue weighted by molar-refractivity contribution is -0.140. The van der Waals surface area contributed by atoms with E-state index in [1.54, 1.807) is 7.05 Å². The summed E-state index contributed by atoms with van der Waals surface area (Å²) in [7, 11) is 1.57. The SMILES string of the molecule is CN(C(=O)N[C@@H](CO)C(=O)O)C1CCOC1. The Labute approximate surface area is 93.0 Å². The van der Waals surface area contributed by atoms with Crippen molar-refractivity contribution >= 4 is 12.0 Å². The maximum Gasteiger partial charge on any atom is 0.328 e. The summed E-state index contributed by atoms with van der Waals surface area (Å²) in [5, 5.41) is 19.6. The van der Waals surface area contributed by atoms with Crippen molar-refractivity contribution in [1.29, 1.82) is 0 Å². The van der Waals surface area contributed by atoms with Crippen molar-refractivity contribution in [2.75, 3.05) is 26.9 Å². The van der Waals surface area contributed by atoms with Gasteiger partial charge >= 0.3 is 12.0 Å². The quantitative estimate of drug-likeness (QED) is 0.569. The van der Waals surface area contributed by atoms with Crippen LogP contribution in [0.3, 0.4) is 0 Å². The van der Waals surface area contributed by atoms with E-state index in [9.17, 15) is 9.59 Å². The summed E-state index contributed by atoms with van der Waals surface area (Å²) in [4.78, 5) is 23.6. The second kappa shape index (κ2) is 5.66. The predicted octanol–water partition coefficient (Wildman–Crippen LogP) is -1.14. The fourth-order valence-corrected chi connectivity index (χ4v) is 1.43. The first-order chi connectivity index (χ1) is 7.56. The van der Waals surface area contributed by atoms with Crippen LogP contribution < -0.4 is 5.32 Å². The van der Waals surface area contributed by atoms with Gasteiger partial charge in [0.15, 0.2) is 6.04 Å². The molecule has 0 aliphatic carbocycles. The first-order valence-corrected chi connectivity index (χ1v) is 5.01. The number of aliphatic hydroxyl groups excluding tert-OH is 1. The number of amides is 2. The molecule has 1 fully saturated rings. The summed E-state index contributed by atoms with van der Waals surface area (Å²) >= 11 is 0. The summed E-state index contributed by atoms with van der Waals surface area (Å²) in [6.07, 6.45) is 0.737. The Morgan fingerprint density at radius 2 is 2.31 bits per heavy atom. The molecule has 7 nitrogen and oxygen atoms in total. The first kappa shape index (κ1) is 12.7. The number of nitrogens with zero attached hydrogens (tertiary/aromatic N) is 1. The number of nitrogens with one attached hydrogen (secondary N) is 1. The molecular weight excluding hydrogens is 216 g/mol. The Balaban J connectivity index is 2.46. The number of urea groups is 1. The molecule has 0 radical (unpaired) electrons. The van der Waals surface area contributed by atoms with Crippen molar-refractivity contribution in [2.24, 2.45) is 0 Å². The van der Waals surface area contributed by atoms with E-state index in [-0.39, 0.29) is 6.04 Å². The van der Waals surface area contributed by atoms with E-state index >= 15 is 0 Å². The molecule has 1 unspecified atom stereocenters. The molecule has 0 spiro atoms. The average Bonchev–Trinajstić information content (AvgIpc) is 2.77. The maximum absolute atomic E-state index is 11.6. The molecule has 2 amide bonds. The van der Waals surface area contributed by atoms with Crippen LogP contribution in [0.25, 0.3) is 0 Å². The van der Waals surface area contributed by atoms with Crippen LogP contribution in [0.4, 0.5) is 4.79 Å². The fourth-order valence-electron chi connectivity index (χ4n) is 1.43. The minimum absolute atomic E-state index is 0.0341. The number of ether oxygens (including phenoxy) is 1. The molecule has 92 valence electrons. The third-order valence-corrected chi connectivity index (χ3v) is 2.55. The van der Waals surface area contributed by atoms with Crippen LogP contribution in [0.2, 0.25) is 0 Å². The summed E-state index contributed by atoms with van der Waals surface area (Å²) in [6.45, 7) is 0.432. The lowest BCUT2D eigenvalue weighted by Crippen LogP contribution is -2.51. The molecule has 7 heteroatoms. The van der Waals surface area contributed by atoms with E-state index < -0.39 is 24.6 Å². The van der Waals surface area contributed by atoms with E-state index in [1.807, 2.05) is 0 Å². The van der Waals surface area contributed by atoms with E-state index in [1.165, 1.54) is 4.90 Å². The molecule has 0 saturated carbocycles. The van der Waals surface area contributed by atoms with Crippen molar-refractivity contribution in [3.8, 4) is 0 Å². The van der Waals surface area contributed by atoms with Crippen LogP contribution in [0, 0.1) is 0 Å². The van der Waals surface area contributed by atoms with Crippen LogP contribution in [0.5, 0.6) is 0 Å². The highest BCUT2D eigenvalue weighted by atomic mass is 16.5. The highest BCUT2D eigenvalue weighted by molar-refractivity contribution is 5.82. The Hall–Kier alpha value is -1.34. The monoisotopic (exact) mass is 232 g/mol. The summed E-state index contributed by atoms with van der Waals surface area (Å²) in [5.74, 6) is -1.26. The Kier molecular flexibility index (Phi) is 4.51. The standard InChI is InChI=1S/C9H16N2O5/c1-11(6-2-3-16-5-6)9(15)10-7(4-12)8(13)14/h6-7,12H,2-5H2,1H3,(H,10,15)(H,13,14)/t6?,7-/m0/s1. The maximum atomic E-state index is 11.6. The van der Waals surface area contributed by atoms with Crippen molar-refractivity contribution in [3.63, 3.8) is 0 Å². The van der Waals surface area contributed by atoms with E-state index in [0.717, 1.165) is 6.42 Å². The van der Waals surface area contributed by atoms with Gasteiger partial charge in [-0.2, -0.15) is 0 Å². The van der Waals surface area contributed by atoms with Crippen molar-refractivity contribution < 1.29 is 24.5 Å². The van der Waals surface area contributed by atoms with Crippen molar-refractivity contribution in [2.45, 2.75) is 18.5 Å². The molecule has 3 N–H and O–H groups in total. The highest BCUT2D eigenvalue weighted by Gasteiger charge is 2.27. The van der Waals surface area contributed by atoms with Gasteiger partial charge in [-0.1, -0.05) is 0 Å². The number of aliphatic carboxylic acids is 1. The zero-order valence-electron chi connectivity index (χ0n) is 9.05. The number of aliphatic hydroxyl groups is 1. The molecule has 1 aliphatic rings. The topological polar surface area (TPSA) is 99.1 Å². The second-order valence-electron chi connectivity index (χ2n) is 3.65. The van der Waals surface area contributed by atoms with Gasteiger partial charge in [0.2, 0.25) is 0 Å². The fraction of sp³-hybridized carbons (Fsp3) is 0.778. The van der Waals surface area contributed by atoms with E-state index in [0.29, 0.717) is 13.2 Å². The third-order valence-electron chi connectivity index (χ3n) is 2.55. The molecule has 1 rings (SSSR count). The Bertz CT molecular complexity index is 265. The number of hydrogen-bond acceptors (Lipinski definition) is 4. The van der Waals surface area contributed by atoms with Crippen molar-refractivity contribution in [1.82, 2.24) is 10.2 Å². The number of hydrogen-bond donors (Lipinski definition) is 3. The van der Waals surface area contributed by atoms with Crippen LogP contribution >= 0.6 is 0 Å². The van der Waals surface area contributed by atoms with Gasteiger partial charge in [0.05, 0.1) is 19.3 Å². The first-order valence-electron chi connectivity index (χ1n) is 5.01. The lowest BCUT2D eigenvalue weighted by atomic mass is 10.2. The Morgan fingerprint density at radius 3 is 2.75 bits per heavy atom. The van der Waals surface area contributed by atoms with Crippen LogP contribution in [-0.2, 0) is 9.53 Å². The van der Waals surface area contributed by atoms with E-state index in [4.69, 9.17) is 14.9 Å². The van der Waals surface area contributed by atoms with Gasteiger partial charge in [0.25, 0.3) is 0 Å². The van der Waals surface area contributed by atoms with Gasteiger partial charge in [0.1, 0.15) is 0 Å². The molecular formula is C9H16N2O5. The number of carbonyl (C=O) groups excluding carboxylic acids is 1. The smallest absolute Gasteiger partial charge is 0.328 e. The normalized spacial score (nSPS) is 21.5. The lowest BCUT2D eigenvalue weighted by Gasteiger charge is -2.25. The number of carboxylic acids is 1. The molecule has 16 heavy (non-hydrogen) atoms. The van der Waals surface area contributed by atoms with Gasteiger partial charge < -0.3 is 25.2 Å². The van der Waals surface area contributed by atoms with Crippen LogP contribution in [0.15, 0.2) is 0 Å². The molecule has 0 bridgehead atoms. The third kappa shape index (κ3) is 3.07. The van der Waals surface area contributed by atoms with Crippen molar-refractivity contribution in [3.05, 3.63) is 0 Å². The number of carbonyl (C=O) groups is 2. The average molecular weight is 232 g/mol. The minimum Gasteiger partial charge on any atom is -0.480 e. The van der Waals surface area contributed by atoms with Gasteiger partial charge in [-0.15, -0.1) is 0 Å². The Morgan fingerprint density at radius 1 is 1.62 bits per heavy atom. The molecule has 0 aromatic carbocycles. The van der Waals surface area contributed by atoms with Gasteiger partial charge in [-0.3, -0.25) is 0 Å². The molecule has 0 aromatic heterocycles. The largest absolute Gasteiger partial charge is 0.480 e. The minimum atomic E-state index is -1.27. The van der Waals surface area contributed by atoms with Gasteiger partial charge in [-0.05, 0) is 6.42 Å². The molecule has 1 saturated heterocycles. The number of likely N-dealkylation sites (N-methyl/N-ethyl adjacent to an activating group) is 1. The van der Waals surface area contributed by atoms with Gasteiger partial charge in [-0.25, -0.2) is 9.59 Å². The summed E-state index contributed by atoms with van der Waals surface area (Å²) in [5.41, 5.74) is 0.